The number of amides is 2. The maximum atomic E-state index is 12.6. The second-order valence-electron chi connectivity index (χ2n) is 7.37. The smallest absolute Gasteiger partial charge is 0.255 e. The van der Waals surface area contributed by atoms with Gasteiger partial charge in [-0.3, -0.25) is 14.6 Å². The minimum atomic E-state index is -0.206. The molecule has 4 rings (SSSR count). The zero-order valence-electron chi connectivity index (χ0n) is 15.2. The van der Waals surface area contributed by atoms with Crippen molar-refractivity contribution in [3.63, 3.8) is 0 Å². The number of hydrogen-bond donors (Lipinski definition) is 3. The molecule has 2 fully saturated rings. The third-order valence-electron chi connectivity index (χ3n) is 5.51. The number of anilines is 2. The number of rotatable bonds is 4. The predicted molar refractivity (Wildman–Crippen MR) is 105 cm³/mol. The summed E-state index contributed by atoms with van der Waals surface area (Å²) >= 11 is 0. The Labute approximate surface area is 158 Å². The van der Waals surface area contributed by atoms with Crippen molar-refractivity contribution in [2.75, 3.05) is 10.6 Å². The van der Waals surface area contributed by atoms with Gasteiger partial charge in [-0.2, -0.15) is 0 Å². The van der Waals surface area contributed by atoms with Crippen molar-refractivity contribution in [3.8, 4) is 0 Å². The molecule has 3 unspecified atom stereocenters. The Morgan fingerprint density at radius 1 is 1.00 bits per heavy atom. The lowest BCUT2D eigenvalue weighted by Crippen LogP contribution is -2.39. The van der Waals surface area contributed by atoms with Crippen molar-refractivity contribution in [2.24, 2.45) is 5.92 Å². The van der Waals surface area contributed by atoms with E-state index in [0.29, 0.717) is 28.9 Å². The van der Waals surface area contributed by atoms with Gasteiger partial charge in [0.25, 0.3) is 5.91 Å². The summed E-state index contributed by atoms with van der Waals surface area (Å²) in [5.41, 5.74) is 1.86. The molecule has 1 aromatic carbocycles. The first-order chi connectivity index (χ1) is 13.2. The Morgan fingerprint density at radius 2 is 1.74 bits per heavy atom. The zero-order valence-corrected chi connectivity index (χ0v) is 15.2. The van der Waals surface area contributed by atoms with Gasteiger partial charge in [-0.05, 0) is 55.5 Å². The first kappa shape index (κ1) is 17.7. The van der Waals surface area contributed by atoms with E-state index in [1.54, 1.807) is 36.7 Å². The highest BCUT2D eigenvalue weighted by atomic mass is 16.2. The highest BCUT2D eigenvalue weighted by Crippen LogP contribution is 2.33. The highest BCUT2D eigenvalue weighted by Gasteiger charge is 2.38. The van der Waals surface area contributed by atoms with Gasteiger partial charge >= 0.3 is 0 Å². The van der Waals surface area contributed by atoms with E-state index in [0.717, 1.165) is 6.42 Å². The van der Waals surface area contributed by atoms with Gasteiger partial charge in [-0.25, -0.2) is 0 Å². The van der Waals surface area contributed by atoms with Gasteiger partial charge in [-0.1, -0.05) is 18.9 Å². The molecule has 2 aromatic rings. The lowest BCUT2D eigenvalue weighted by molar-refractivity contribution is -0.117. The number of aromatic nitrogens is 1. The molecule has 1 saturated carbocycles. The minimum Gasteiger partial charge on any atom is -0.325 e. The summed E-state index contributed by atoms with van der Waals surface area (Å²) in [6, 6.07) is 10.9. The summed E-state index contributed by atoms with van der Waals surface area (Å²) in [6.07, 6.45) is 8.99. The van der Waals surface area contributed by atoms with Gasteiger partial charge in [0, 0.05) is 35.4 Å². The maximum Gasteiger partial charge on any atom is 0.255 e. The standard InChI is InChI=1S/C21H24N4O2/c26-20(14-8-10-22-11-9-14)23-16-5-3-6-17(13-16)24-21(27)19-12-15-4-1-2-7-18(15)25-19/h3,5-6,8-11,13,15,18-19,25H,1-2,4,7,12H2,(H,23,26)(H,24,27). The molecule has 3 atom stereocenters. The quantitative estimate of drug-likeness (QED) is 0.778. The van der Waals surface area contributed by atoms with Crippen LogP contribution in [0.4, 0.5) is 11.4 Å². The number of nitrogens with zero attached hydrogens (tertiary/aromatic N) is 1. The average Bonchev–Trinajstić information content (AvgIpc) is 3.13. The van der Waals surface area contributed by atoms with Gasteiger partial charge in [0.1, 0.15) is 0 Å². The Bertz CT molecular complexity index is 810. The number of benzene rings is 1. The lowest BCUT2D eigenvalue weighted by atomic mass is 9.85. The van der Waals surface area contributed by atoms with Crippen LogP contribution >= 0.6 is 0 Å². The molecule has 1 aromatic heterocycles. The second kappa shape index (κ2) is 7.88. The van der Waals surface area contributed by atoms with Crippen LogP contribution in [0.5, 0.6) is 0 Å². The Balaban J connectivity index is 1.38. The van der Waals surface area contributed by atoms with Gasteiger partial charge in [-0.15, -0.1) is 0 Å². The summed E-state index contributed by atoms with van der Waals surface area (Å²) in [5, 5.41) is 9.33. The molecule has 27 heavy (non-hydrogen) atoms. The summed E-state index contributed by atoms with van der Waals surface area (Å²) < 4.78 is 0. The summed E-state index contributed by atoms with van der Waals surface area (Å²) in [4.78, 5) is 28.8. The van der Waals surface area contributed by atoms with Gasteiger partial charge in [0.05, 0.1) is 6.04 Å². The van der Waals surface area contributed by atoms with Gasteiger partial charge in [0.15, 0.2) is 0 Å². The average molecular weight is 364 g/mol. The van der Waals surface area contributed by atoms with Crippen molar-refractivity contribution < 1.29 is 9.59 Å². The van der Waals surface area contributed by atoms with E-state index in [1.807, 2.05) is 12.1 Å². The number of hydrogen-bond acceptors (Lipinski definition) is 4. The molecule has 3 N–H and O–H groups in total. The number of carbonyl (C=O) groups excluding carboxylic acids is 2. The topological polar surface area (TPSA) is 83.1 Å². The Hall–Kier alpha value is -2.73. The molecular formula is C21H24N4O2. The van der Waals surface area contributed by atoms with E-state index < -0.39 is 0 Å². The van der Waals surface area contributed by atoms with Crippen LogP contribution < -0.4 is 16.0 Å². The third kappa shape index (κ3) is 4.17. The molecule has 140 valence electrons. The van der Waals surface area contributed by atoms with Gasteiger partial charge in [0.2, 0.25) is 5.91 Å². The normalized spacial score (nSPS) is 24.1. The number of pyridine rings is 1. The molecule has 6 nitrogen and oxygen atoms in total. The minimum absolute atomic E-state index is 0.00186. The maximum absolute atomic E-state index is 12.6. The lowest BCUT2D eigenvalue weighted by Gasteiger charge is -2.24. The van der Waals surface area contributed by atoms with Crippen LogP contribution in [0.1, 0.15) is 42.5 Å². The van der Waals surface area contributed by atoms with Crippen LogP contribution in [0.25, 0.3) is 0 Å². The van der Waals surface area contributed by atoms with Crippen LogP contribution in [0.2, 0.25) is 0 Å². The van der Waals surface area contributed by atoms with Crippen LogP contribution in [0.15, 0.2) is 48.8 Å². The van der Waals surface area contributed by atoms with Crippen molar-refractivity contribution in [1.82, 2.24) is 10.3 Å². The van der Waals surface area contributed by atoms with Gasteiger partial charge < -0.3 is 16.0 Å². The monoisotopic (exact) mass is 364 g/mol. The van der Waals surface area contributed by atoms with Crippen LogP contribution in [-0.2, 0) is 4.79 Å². The molecule has 2 aliphatic rings. The molecule has 1 aliphatic heterocycles. The van der Waals surface area contributed by atoms with Crippen LogP contribution in [0.3, 0.4) is 0 Å². The van der Waals surface area contributed by atoms with E-state index in [-0.39, 0.29) is 17.9 Å². The zero-order chi connectivity index (χ0) is 18.6. The Kier molecular flexibility index (Phi) is 5.16. The van der Waals surface area contributed by atoms with E-state index in [1.165, 1.54) is 25.7 Å². The van der Waals surface area contributed by atoms with Crippen molar-refractivity contribution in [3.05, 3.63) is 54.4 Å². The molecule has 0 spiro atoms. The second-order valence-corrected chi connectivity index (χ2v) is 7.37. The fraction of sp³-hybridized carbons (Fsp3) is 0.381. The number of carbonyl (C=O) groups is 2. The van der Waals surface area contributed by atoms with Crippen LogP contribution in [-0.4, -0.2) is 28.9 Å². The Morgan fingerprint density at radius 3 is 2.52 bits per heavy atom. The summed E-state index contributed by atoms with van der Waals surface area (Å²) in [5.74, 6) is 0.421. The fourth-order valence-corrected chi connectivity index (χ4v) is 4.13. The molecule has 2 heterocycles. The predicted octanol–water partition coefficient (Wildman–Crippen LogP) is 3.19. The summed E-state index contributed by atoms with van der Waals surface area (Å²) in [6.45, 7) is 0. The third-order valence-corrected chi connectivity index (χ3v) is 5.51. The SMILES string of the molecule is O=C(Nc1cccc(NC(=O)C2CC3CCCCC3N2)c1)c1ccncc1. The first-order valence-electron chi connectivity index (χ1n) is 9.57. The number of nitrogens with one attached hydrogen (secondary N) is 3. The fourth-order valence-electron chi connectivity index (χ4n) is 4.13. The highest BCUT2D eigenvalue weighted by molar-refractivity contribution is 6.04. The molecular weight excluding hydrogens is 340 g/mol. The summed E-state index contributed by atoms with van der Waals surface area (Å²) in [7, 11) is 0. The molecule has 1 aliphatic carbocycles. The molecule has 0 radical (unpaired) electrons. The molecule has 6 heteroatoms. The number of fused-ring (bicyclic) bond motifs is 1. The van der Waals surface area contributed by atoms with Crippen molar-refractivity contribution in [2.45, 2.75) is 44.2 Å². The first-order valence-corrected chi connectivity index (χ1v) is 9.57. The van der Waals surface area contributed by atoms with Crippen molar-refractivity contribution >= 4 is 23.2 Å². The molecule has 1 saturated heterocycles. The van der Waals surface area contributed by atoms with E-state index >= 15 is 0 Å². The largest absolute Gasteiger partial charge is 0.325 e. The van der Waals surface area contributed by atoms with E-state index in [9.17, 15) is 9.59 Å². The van der Waals surface area contributed by atoms with E-state index in [4.69, 9.17) is 0 Å². The van der Waals surface area contributed by atoms with Crippen LogP contribution in [0, 0.1) is 5.92 Å². The van der Waals surface area contributed by atoms with E-state index in [2.05, 4.69) is 20.9 Å². The van der Waals surface area contributed by atoms with Crippen molar-refractivity contribution in [1.29, 1.82) is 0 Å². The molecule has 2 amide bonds. The molecule has 0 bridgehead atoms.